The second-order valence-electron chi connectivity index (χ2n) is 5.60. The minimum atomic E-state index is 0.608. The predicted molar refractivity (Wildman–Crippen MR) is 89.4 cm³/mol. The molecule has 2 rings (SSSR count). The zero-order valence-electron chi connectivity index (χ0n) is 13.7. The Balaban J connectivity index is 1.92. The summed E-state index contributed by atoms with van der Waals surface area (Å²) in [4.78, 5) is 11.1. The third-order valence-electron chi connectivity index (χ3n) is 4.09. The molecule has 120 valence electrons. The van der Waals surface area contributed by atoms with Gasteiger partial charge in [-0.05, 0) is 20.4 Å². The van der Waals surface area contributed by atoms with Crippen LogP contribution in [0.4, 0.5) is 5.13 Å². The number of aryl methyl sites for hydroxylation is 1. The number of anilines is 1. The van der Waals surface area contributed by atoms with E-state index >= 15 is 0 Å². The van der Waals surface area contributed by atoms with Gasteiger partial charge in [0.2, 0.25) is 0 Å². The molecule has 1 unspecified atom stereocenters. The van der Waals surface area contributed by atoms with Crippen LogP contribution in [0.5, 0.6) is 0 Å². The summed E-state index contributed by atoms with van der Waals surface area (Å²) < 4.78 is 5.06. The van der Waals surface area contributed by atoms with Gasteiger partial charge < -0.3 is 15.0 Å². The molecule has 0 spiro atoms. The lowest BCUT2D eigenvalue weighted by atomic mass is 10.2. The maximum Gasteiger partial charge on any atom is 0.185 e. The predicted octanol–water partition coefficient (Wildman–Crippen LogP) is 1.72. The second-order valence-corrected chi connectivity index (χ2v) is 6.66. The van der Waals surface area contributed by atoms with Crippen molar-refractivity contribution in [2.24, 2.45) is 0 Å². The first-order valence-corrected chi connectivity index (χ1v) is 8.62. The monoisotopic (exact) mass is 312 g/mol. The van der Waals surface area contributed by atoms with Crippen molar-refractivity contribution in [3.63, 3.8) is 0 Å². The lowest BCUT2D eigenvalue weighted by molar-refractivity contribution is 0.199. The molecular weight excluding hydrogens is 284 g/mol. The number of nitrogens with zero attached hydrogens (tertiary/aromatic N) is 3. The molecule has 21 heavy (non-hydrogen) atoms. The minimum Gasteiger partial charge on any atom is -0.383 e. The number of thiazole rings is 1. The van der Waals surface area contributed by atoms with Crippen molar-refractivity contribution in [3.8, 4) is 0 Å². The fourth-order valence-electron chi connectivity index (χ4n) is 2.73. The maximum absolute atomic E-state index is 5.06. The smallest absolute Gasteiger partial charge is 0.185 e. The third kappa shape index (κ3) is 4.39. The molecule has 0 saturated carbocycles. The Morgan fingerprint density at radius 2 is 2.24 bits per heavy atom. The third-order valence-corrected chi connectivity index (χ3v) is 5.31. The van der Waals surface area contributed by atoms with Crippen molar-refractivity contribution in [1.29, 1.82) is 0 Å². The molecule has 1 saturated heterocycles. The highest BCUT2D eigenvalue weighted by molar-refractivity contribution is 7.15. The highest BCUT2D eigenvalue weighted by Crippen LogP contribution is 2.27. The van der Waals surface area contributed by atoms with Crippen LogP contribution in [-0.2, 0) is 11.3 Å². The van der Waals surface area contributed by atoms with Gasteiger partial charge in [0.1, 0.15) is 0 Å². The van der Waals surface area contributed by atoms with Crippen LogP contribution < -0.4 is 10.2 Å². The standard InChI is InChI=1S/C15H28N4OS/c1-5-18-7-8-19(11-12(18)2)15-17-13(3)14(21-15)10-16-6-9-20-4/h12,16H,5-11H2,1-4H3. The summed E-state index contributed by atoms with van der Waals surface area (Å²) in [6.45, 7) is 13.6. The van der Waals surface area contributed by atoms with Crippen LogP contribution in [0.3, 0.4) is 0 Å². The van der Waals surface area contributed by atoms with Crippen molar-refractivity contribution < 1.29 is 4.74 Å². The molecule has 0 radical (unpaired) electrons. The van der Waals surface area contributed by atoms with Crippen LogP contribution in [-0.4, -0.2) is 62.4 Å². The Bertz CT molecular complexity index is 437. The van der Waals surface area contributed by atoms with Crippen LogP contribution in [0, 0.1) is 6.92 Å². The van der Waals surface area contributed by atoms with Gasteiger partial charge in [0.05, 0.1) is 12.3 Å². The van der Waals surface area contributed by atoms with Crippen LogP contribution in [0.15, 0.2) is 0 Å². The lowest BCUT2D eigenvalue weighted by Gasteiger charge is -2.39. The van der Waals surface area contributed by atoms with Gasteiger partial charge in [-0.15, -0.1) is 11.3 Å². The van der Waals surface area contributed by atoms with Gasteiger partial charge in [0, 0.05) is 50.8 Å². The summed E-state index contributed by atoms with van der Waals surface area (Å²) in [5, 5.41) is 4.58. The average Bonchev–Trinajstić information content (AvgIpc) is 2.85. The molecule has 1 aliphatic heterocycles. The Morgan fingerprint density at radius 3 is 2.90 bits per heavy atom. The number of nitrogens with one attached hydrogen (secondary N) is 1. The molecule has 0 amide bonds. The van der Waals surface area contributed by atoms with E-state index in [1.807, 2.05) is 11.3 Å². The average molecular weight is 312 g/mol. The van der Waals surface area contributed by atoms with E-state index < -0.39 is 0 Å². The molecule has 1 aliphatic rings. The highest BCUT2D eigenvalue weighted by Gasteiger charge is 2.24. The molecule has 0 aliphatic carbocycles. The first-order chi connectivity index (χ1) is 10.2. The van der Waals surface area contributed by atoms with Gasteiger partial charge >= 0.3 is 0 Å². The van der Waals surface area contributed by atoms with Crippen LogP contribution in [0.2, 0.25) is 0 Å². The number of methoxy groups -OCH3 is 1. The van der Waals surface area contributed by atoms with Gasteiger partial charge in [-0.25, -0.2) is 4.98 Å². The quantitative estimate of drug-likeness (QED) is 0.776. The van der Waals surface area contributed by atoms with E-state index in [1.165, 1.54) is 10.0 Å². The zero-order chi connectivity index (χ0) is 15.2. The topological polar surface area (TPSA) is 40.6 Å². The Labute approximate surface area is 132 Å². The van der Waals surface area contributed by atoms with Crippen molar-refractivity contribution >= 4 is 16.5 Å². The molecule has 5 nitrogen and oxygen atoms in total. The van der Waals surface area contributed by atoms with Crippen molar-refractivity contribution in [1.82, 2.24) is 15.2 Å². The molecular formula is C15H28N4OS. The lowest BCUT2D eigenvalue weighted by Crippen LogP contribution is -2.51. The molecule has 1 fully saturated rings. The van der Waals surface area contributed by atoms with Crippen LogP contribution in [0.1, 0.15) is 24.4 Å². The van der Waals surface area contributed by atoms with Crippen LogP contribution >= 0.6 is 11.3 Å². The van der Waals surface area contributed by atoms with Crippen molar-refractivity contribution in [3.05, 3.63) is 10.6 Å². The molecule has 1 atom stereocenters. The number of hydrogen-bond donors (Lipinski definition) is 1. The van der Waals surface area contributed by atoms with E-state index in [2.05, 4.69) is 35.9 Å². The Hall–Kier alpha value is -0.690. The molecule has 0 aromatic carbocycles. The number of hydrogen-bond acceptors (Lipinski definition) is 6. The normalized spacial score (nSPS) is 20.2. The SMILES string of the molecule is CCN1CCN(c2nc(C)c(CNCCOC)s2)CC1C. The number of ether oxygens (including phenoxy) is 1. The maximum atomic E-state index is 5.06. The minimum absolute atomic E-state index is 0.608. The second kappa shape index (κ2) is 8.08. The number of likely N-dealkylation sites (N-methyl/N-ethyl adjacent to an activating group) is 1. The molecule has 1 aromatic rings. The summed E-state index contributed by atoms with van der Waals surface area (Å²) in [7, 11) is 1.73. The van der Waals surface area contributed by atoms with E-state index in [4.69, 9.17) is 9.72 Å². The fraction of sp³-hybridized carbons (Fsp3) is 0.800. The van der Waals surface area contributed by atoms with Gasteiger partial charge in [0.25, 0.3) is 0 Å². The summed E-state index contributed by atoms with van der Waals surface area (Å²) in [6, 6.07) is 0.608. The van der Waals surface area contributed by atoms with E-state index in [0.29, 0.717) is 6.04 Å². The largest absolute Gasteiger partial charge is 0.383 e. The van der Waals surface area contributed by atoms with E-state index in [1.54, 1.807) is 7.11 Å². The van der Waals surface area contributed by atoms with E-state index in [-0.39, 0.29) is 0 Å². The van der Waals surface area contributed by atoms with E-state index in [0.717, 1.165) is 51.6 Å². The van der Waals surface area contributed by atoms with Crippen molar-refractivity contribution in [2.45, 2.75) is 33.4 Å². The van der Waals surface area contributed by atoms with Gasteiger partial charge in [0.15, 0.2) is 5.13 Å². The summed E-state index contributed by atoms with van der Waals surface area (Å²) in [5.41, 5.74) is 1.16. The Kier molecular flexibility index (Phi) is 6.41. The number of piperazine rings is 1. The highest BCUT2D eigenvalue weighted by atomic mass is 32.1. The zero-order valence-corrected chi connectivity index (χ0v) is 14.5. The van der Waals surface area contributed by atoms with E-state index in [9.17, 15) is 0 Å². The summed E-state index contributed by atoms with van der Waals surface area (Å²) in [5.74, 6) is 0. The molecule has 1 N–H and O–H groups in total. The number of rotatable bonds is 7. The molecule has 6 heteroatoms. The van der Waals surface area contributed by atoms with Gasteiger partial charge in [-0.1, -0.05) is 6.92 Å². The van der Waals surface area contributed by atoms with Crippen molar-refractivity contribution in [2.75, 3.05) is 51.3 Å². The van der Waals surface area contributed by atoms with Gasteiger partial charge in [-0.3, -0.25) is 4.90 Å². The summed E-state index contributed by atoms with van der Waals surface area (Å²) in [6.07, 6.45) is 0. The first-order valence-electron chi connectivity index (χ1n) is 7.80. The fourth-order valence-corrected chi connectivity index (χ4v) is 3.79. The first kappa shape index (κ1) is 16.7. The molecule has 1 aromatic heterocycles. The summed E-state index contributed by atoms with van der Waals surface area (Å²) >= 11 is 1.83. The van der Waals surface area contributed by atoms with Gasteiger partial charge in [-0.2, -0.15) is 0 Å². The molecule has 0 bridgehead atoms. The molecule has 2 heterocycles. The van der Waals surface area contributed by atoms with Crippen LogP contribution in [0.25, 0.3) is 0 Å². The number of aromatic nitrogens is 1. The Morgan fingerprint density at radius 1 is 1.43 bits per heavy atom.